The zero-order valence-electron chi connectivity index (χ0n) is 24.0. The van der Waals surface area contributed by atoms with E-state index in [4.69, 9.17) is 11.6 Å². The number of aromatic nitrogens is 4. The minimum atomic E-state index is -0.707. The number of halogens is 3. The third-order valence-corrected chi connectivity index (χ3v) is 7.68. The summed E-state index contributed by atoms with van der Waals surface area (Å²) in [5, 5.41) is 16.1. The van der Waals surface area contributed by atoms with Crippen molar-refractivity contribution in [3.63, 3.8) is 0 Å². The zero-order chi connectivity index (χ0) is 31.5. The highest BCUT2D eigenvalue weighted by Crippen LogP contribution is 2.35. The zero-order valence-corrected chi connectivity index (χ0v) is 24.7. The average Bonchev–Trinajstić information content (AvgIpc) is 3.38. The van der Waals surface area contributed by atoms with Crippen LogP contribution in [0.4, 0.5) is 25.0 Å². The molecule has 0 unspecified atom stereocenters. The van der Waals surface area contributed by atoms with Crippen LogP contribution in [0.15, 0.2) is 48.7 Å². The molecule has 0 saturated heterocycles. The molecule has 3 heterocycles. The van der Waals surface area contributed by atoms with Gasteiger partial charge in [-0.15, -0.1) is 5.10 Å². The van der Waals surface area contributed by atoms with E-state index in [2.05, 4.69) is 36.0 Å². The van der Waals surface area contributed by atoms with Gasteiger partial charge in [-0.05, 0) is 50.1 Å². The van der Waals surface area contributed by atoms with E-state index < -0.39 is 35.6 Å². The molecular weight excluding hydrogens is 596 g/mol. The average molecular weight is 624 g/mol. The Morgan fingerprint density at radius 2 is 1.93 bits per heavy atom. The van der Waals surface area contributed by atoms with Crippen LogP contribution >= 0.6 is 11.6 Å². The Kier molecular flexibility index (Phi) is 8.86. The Hall–Kier alpha value is -4.91. The number of carbonyl (C=O) groups is 3. The minimum absolute atomic E-state index is 0.0354. The first-order chi connectivity index (χ1) is 21.1. The molecule has 3 amide bonds. The summed E-state index contributed by atoms with van der Waals surface area (Å²) in [5.41, 5.74) is 1.72. The number of benzene rings is 2. The van der Waals surface area contributed by atoms with Gasteiger partial charge in [0.2, 0.25) is 5.91 Å². The highest BCUT2D eigenvalue weighted by Gasteiger charge is 2.26. The normalized spacial score (nSPS) is 16.5. The van der Waals surface area contributed by atoms with Gasteiger partial charge in [0.15, 0.2) is 11.5 Å². The summed E-state index contributed by atoms with van der Waals surface area (Å²) < 4.78 is 35.8. The van der Waals surface area contributed by atoms with Gasteiger partial charge in [-0.1, -0.05) is 42.3 Å². The second kappa shape index (κ2) is 12.8. The lowest BCUT2D eigenvalue weighted by molar-refractivity contribution is -0.119. The first-order valence-corrected chi connectivity index (χ1v) is 14.1. The number of carbonyl (C=O) groups excluding carboxylic acids is 3. The number of hydrogen-bond donors (Lipinski definition) is 3. The summed E-state index contributed by atoms with van der Waals surface area (Å²) in [4.78, 5) is 42.6. The molecule has 2 atom stereocenters. The summed E-state index contributed by atoms with van der Waals surface area (Å²) in [5.74, 6) is -2.68. The van der Waals surface area contributed by atoms with Crippen molar-refractivity contribution >= 4 is 40.9 Å². The van der Waals surface area contributed by atoms with Gasteiger partial charge >= 0.3 is 6.09 Å². The summed E-state index contributed by atoms with van der Waals surface area (Å²) in [7, 11) is 1.22. The first-order valence-electron chi connectivity index (χ1n) is 13.7. The molecule has 228 valence electrons. The molecule has 14 heteroatoms. The number of ether oxygens (including phenoxy) is 1. The van der Waals surface area contributed by atoms with E-state index >= 15 is 4.39 Å². The van der Waals surface area contributed by atoms with Crippen LogP contribution in [-0.4, -0.2) is 45.0 Å². The van der Waals surface area contributed by atoms with E-state index in [1.807, 2.05) is 0 Å². The summed E-state index contributed by atoms with van der Waals surface area (Å²) in [6.07, 6.45) is 1.72. The van der Waals surface area contributed by atoms with Crippen molar-refractivity contribution in [2.24, 2.45) is 5.92 Å². The van der Waals surface area contributed by atoms with Gasteiger partial charge in [-0.25, -0.2) is 18.3 Å². The molecule has 5 rings (SSSR count). The number of amides is 3. The molecule has 1 aliphatic heterocycles. The fourth-order valence-electron chi connectivity index (χ4n) is 4.94. The first kappa shape index (κ1) is 30.5. The molecule has 3 N–H and O–H groups in total. The standard InChI is InChI=1S/C30H28ClF2N7O4/c1-15-6-4-8-22(36-29(42)27-16(2)40(39-38-27)25-9-5-7-20(31)26(25)33)24-13-19(21(32)14-34-24)18-11-10-17(35-30(43)44-3)12-23(18)37-28(15)41/h5,7,9-15,22H,4,6,8H2,1-3H3,(H,35,43)(H,36,42)(H,37,41)/t15-,22+/m1/s1. The summed E-state index contributed by atoms with van der Waals surface area (Å²) in [6.45, 7) is 3.34. The lowest BCUT2D eigenvalue weighted by Gasteiger charge is -2.22. The lowest BCUT2D eigenvalue weighted by atomic mass is 9.95. The van der Waals surface area contributed by atoms with Gasteiger partial charge in [0, 0.05) is 22.7 Å². The Morgan fingerprint density at radius 3 is 2.70 bits per heavy atom. The highest BCUT2D eigenvalue weighted by molar-refractivity contribution is 6.30. The number of hydrogen-bond acceptors (Lipinski definition) is 7. The van der Waals surface area contributed by atoms with Gasteiger partial charge in [0.05, 0.1) is 41.4 Å². The number of pyridine rings is 1. The van der Waals surface area contributed by atoms with Crippen molar-refractivity contribution in [2.75, 3.05) is 17.7 Å². The van der Waals surface area contributed by atoms with E-state index in [1.54, 1.807) is 32.0 Å². The maximum absolute atomic E-state index is 15.3. The predicted molar refractivity (Wildman–Crippen MR) is 159 cm³/mol. The van der Waals surface area contributed by atoms with Crippen LogP contribution in [0.25, 0.3) is 16.8 Å². The third-order valence-electron chi connectivity index (χ3n) is 7.38. The van der Waals surface area contributed by atoms with Gasteiger partial charge in [-0.2, -0.15) is 0 Å². The monoisotopic (exact) mass is 623 g/mol. The number of methoxy groups -OCH3 is 1. The van der Waals surface area contributed by atoms with Crippen molar-refractivity contribution in [3.8, 4) is 16.8 Å². The maximum Gasteiger partial charge on any atom is 0.411 e. The van der Waals surface area contributed by atoms with Gasteiger partial charge in [0.1, 0.15) is 11.5 Å². The lowest BCUT2D eigenvalue weighted by Crippen LogP contribution is -2.30. The van der Waals surface area contributed by atoms with Gasteiger partial charge < -0.3 is 15.4 Å². The SMILES string of the molecule is COC(=O)Nc1ccc2c(c1)NC(=O)[C@H](C)CCC[C@H](NC(=O)c1nnn(-c3cccc(Cl)c3F)c1C)c1cc-2c(F)cn1. The Bertz CT molecular complexity index is 1760. The van der Waals surface area contributed by atoms with E-state index in [1.165, 1.54) is 36.1 Å². The molecule has 2 aromatic carbocycles. The predicted octanol–water partition coefficient (Wildman–Crippen LogP) is 5.98. The topological polar surface area (TPSA) is 140 Å². The molecule has 2 bridgehead atoms. The largest absolute Gasteiger partial charge is 0.453 e. The molecule has 0 radical (unpaired) electrons. The molecule has 11 nitrogen and oxygen atoms in total. The highest BCUT2D eigenvalue weighted by atomic mass is 35.5. The molecule has 0 saturated carbocycles. The number of rotatable bonds is 4. The number of fused-ring (bicyclic) bond motifs is 4. The fraction of sp³-hybridized carbons (Fsp3) is 0.267. The van der Waals surface area contributed by atoms with Crippen LogP contribution < -0.4 is 16.0 Å². The second-order valence-corrected chi connectivity index (χ2v) is 10.7. The van der Waals surface area contributed by atoms with Crippen LogP contribution in [0.1, 0.15) is 54.1 Å². The molecular formula is C30H28ClF2N7O4. The van der Waals surface area contributed by atoms with E-state index in [0.717, 1.165) is 6.20 Å². The van der Waals surface area contributed by atoms with Crippen molar-refractivity contribution < 1.29 is 27.9 Å². The number of anilines is 2. The van der Waals surface area contributed by atoms with E-state index in [9.17, 15) is 18.8 Å². The van der Waals surface area contributed by atoms with Crippen LogP contribution in [0.2, 0.25) is 5.02 Å². The molecule has 44 heavy (non-hydrogen) atoms. The molecule has 0 spiro atoms. The maximum atomic E-state index is 15.3. The molecule has 4 aromatic rings. The number of nitrogens with one attached hydrogen (secondary N) is 3. The van der Waals surface area contributed by atoms with Gasteiger partial charge in [-0.3, -0.25) is 19.9 Å². The van der Waals surface area contributed by atoms with E-state index in [0.29, 0.717) is 36.2 Å². The van der Waals surface area contributed by atoms with Crippen molar-refractivity contribution in [1.82, 2.24) is 25.3 Å². The summed E-state index contributed by atoms with van der Waals surface area (Å²) in [6, 6.07) is 9.85. The molecule has 2 aromatic heterocycles. The third kappa shape index (κ3) is 6.23. The van der Waals surface area contributed by atoms with Crippen molar-refractivity contribution in [2.45, 2.75) is 39.2 Å². The Balaban J connectivity index is 1.51. The van der Waals surface area contributed by atoms with Crippen molar-refractivity contribution in [1.29, 1.82) is 0 Å². The fourth-order valence-corrected chi connectivity index (χ4v) is 5.11. The quantitative estimate of drug-likeness (QED) is 0.254. The Morgan fingerprint density at radius 1 is 1.14 bits per heavy atom. The van der Waals surface area contributed by atoms with Crippen LogP contribution in [0, 0.1) is 24.5 Å². The van der Waals surface area contributed by atoms with Crippen LogP contribution in [0.3, 0.4) is 0 Å². The smallest absolute Gasteiger partial charge is 0.411 e. The second-order valence-electron chi connectivity index (χ2n) is 10.3. The van der Waals surface area contributed by atoms with Crippen molar-refractivity contribution in [3.05, 3.63) is 82.4 Å². The molecule has 1 aliphatic rings. The Labute approximate surface area is 256 Å². The van der Waals surface area contributed by atoms with Crippen LogP contribution in [-0.2, 0) is 9.53 Å². The summed E-state index contributed by atoms with van der Waals surface area (Å²) >= 11 is 5.92. The molecule has 0 aliphatic carbocycles. The van der Waals surface area contributed by atoms with E-state index in [-0.39, 0.29) is 39.3 Å². The minimum Gasteiger partial charge on any atom is -0.453 e. The molecule has 0 fully saturated rings. The van der Waals surface area contributed by atoms with Gasteiger partial charge in [0.25, 0.3) is 5.91 Å². The van der Waals surface area contributed by atoms with Crippen LogP contribution in [0.5, 0.6) is 0 Å². The number of nitrogens with zero attached hydrogens (tertiary/aromatic N) is 4.